The van der Waals surface area contributed by atoms with E-state index in [2.05, 4.69) is 11.6 Å². The van der Waals surface area contributed by atoms with E-state index in [0.717, 1.165) is 0 Å². The molecule has 0 amide bonds. The molecule has 100 valence electrons. The lowest BCUT2D eigenvalue weighted by Gasteiger charge is -2.09. The van der Waals surface area contributed by atoms with Crippen LogP contribution in [-0.2, 0) is 9.59 Å². The van der Waals surface area contributed by atoms with Crippen molar-refractivity contribution in [1.82, 2.24) is 0 Å². The summed E-state index contributed by atoms with van der Waals surface area (Å²) >= 11 is 0. The predicted molar refractivity (Wildman–Crippen MR) is 74.5 cm³/mol. The number of carbonyl (C=O) groups is 2. The molecule has 0 aromatic carbocycles. The molecule has 0 saturated heterocycles. The molecule has 0 atom stereocenters. The minimum atomic E-state index is 0. The number of aliphatic imine (C=N–C) groups is 1. The zero-order valence-corrected chi connectivity index (χ0v) is 11.9. The number of nitrogens with zero attached hydrogens (tertiary/aromatic N) is 1. The molecular formula is C13H26N2O2. The lowest BCUT2D eigenvalue weighted by molar-refractivity contribution is -0.122. The number of nitrogens with two attached hydrogens (primary N) is 1. The molecule has 0 radical (unpaired) electrons. The monoisotopic (exact) mass is 242 g/mol. The quantitative estimate of drug-likeness (QED) is 0.458. The standard InChI is InChI=1S/C7H13N.C4H11N.C2H2O2/c1-5-6-8-7(2,3)4;1-4(2,3)5;3-1-2-4/h5-6H,1H2,2-4H3;5H2,1-3H3;1-2H. The Balaban J connectivity index is -0.000000188. The van der Waals surface area contributed by atoms with E-state index in [9.17, 15) is 0 Å². The lowest BCUT2D eigenvalue weighted by Crippen LogP contribution is -2.26. The first-order valence-electron chi connectivity index (χ1n) is 5.32. The normalized spacial score (nSPS) is 10.5. The second kappa shape index (κ2) is 11.2. The number of hydrogen-bond donors (Lipinski definition) is 1. The van der Waals surface area contributed by atoms with Crippen molar-refractivity contribution in [2.24, 2.45) is 10.7 Å². The molecule has 17 heavy (non-hydrogen) atoms. The van der Waals surface area contributed by atoms with Crippen LogP contribution in [0.4, 0.5) is 0 Å². The summed E-state index contributed by atoms with van der Waals surface area (Å²) in [6.07, 6.45) is 3.80. The molecule has 0 aromatic rings. The van der Waals surface area contributed by atoms with E-state index in [1.165, 1.54) is 0 Å². The molecule has 2 N–H and O–H groups in total. The maximum absolute atomic E-state index is 8.81. The predicted octanol–water partition coefficient (Wildman–Crippen LogP) is 2.17. The summed E-state index contributed by atoms with van der Waals surface area (Å²) in [5.74, 6) is 0. The molecule has 0 bridgehead atoms. The summed E-state index contributed by atoms with van der Waals surface area (Å²) in [6.45, 7) is 15.6. The SMILES string of the molecule is C=CC=NC(C)(C)C.CC(C)(C)N.O=CC=O. The lowest BCUT2D eigenvalue weighted by atomic mass is 10.1. The number of allylic oxidation sites excluding steroid dienone is 1. The van der Waals surface area contributed by atoms with Gasteiger partial charge in [0.05, 0.1) is 5.54 Å². The number of rotatable bonds is 2. The molecule has 0 fully saturated rings. The van der Waals surface area contributed by atoms with Crippen LogP contribution in [0.25, 0.3) is 0 Å². The number of hydrogen-bond acceptors (Lipinski definition) is 4. The largest absolute Gasteiger partial charge is 0.326 e. The van der Waals surface area contributed by atoms with Crippen LogP contribution >= 0.6 is 0 Å². The Morgan fingerprint density at radius 1 is 1.00 bits per heavy atom. The molecule has 0 spiro atoms. The number of carbonyl (C=O) groups excluding carboxylic acids is 2. The molecule has 4 heteroatoms. The molecule has 4 nitrogen and oxygen atoms in total. The molecule has 0 aromatic heterocycles. The Labute approximate surface area is 105 Å². The third-order valence-electron chi connectivity index (χ3n) is 0.623. The highest BCUT2D eigenvalue weighted by molar-refractivity contribution is 6.09. The van der Waals surface area contributed by atoms with Crippen molar-refractivity contribution in [3.05, 3.63) is 12.7 Å². The fraction of sp³-hybridized carbons (Fsp3) is 0.615. The van der Waals surface area contributed by atoms with E-state index < -0.39 is 0 Å². The van der Waals surface area contributed by atoms with E-state index in [1.807, 2.05) is 41.5 Å². The third kappa shape index (κ3) is 107. The van der Waals surface area contributed by atoms with Crippen LogP contribution in [0.15, 0.2) is 17.6 Å². The first-order valence-corrected chi connectivity index (χ1v) is 5.32. The fourth-order valence-electron chi connectivity index (χ4n) is 0.276. The van der Waals surface area contributed by atoms with Gasteiger partial charge in [-0.3, -0.25) is 14.6 Å². The summed E-state index contributed by atoms with van der Waals surface area (Å²) < 4.78 is 0. The van der Waals surface area contributed by atoms with Crippen molar-refractivity contribution in [2.75, 3.05) is 0 Å². The van der Waals surface area contributed by atoms with Crippen LogP contribution in [0.5, 0.6) is 0 Å². The van der Waals surface area contributed by atoms with Crippen LogP contribution in [-0.4, -0.2) is 29.9 Å². The summed E-state index contributed by atoms with van der Waals surface area (Å²) in [5.41, 5.74) is 5.40. The van der Waals surface area contributed by atoms with Crippen molar-refractivity contribution < 1.29 is 9.59 Å². The van der Waals surface area contributed by atoms with Gasteiger partial charge in [0.2, 0.25) is 0 Å². The van der Waals surface area contributed by atoms with Gasteiger partial charge in [0, 0.05) is 11.8 Å². The molecule has 0 aliphatic carbocycles. The molecule has 0 unspecified atom stereocenters. The van der Waals surface area contributed by atoms with Gasteiger partial charge in [0.15, 0.2) is 12.6 Å². The van der Waals surface area contributed by atoms with Crippen LogP contribution in [0, 0.1) is 0 Å². The van der Waals surface area contributed by atoms with Crippen LogP contribution in [0.3, 0.4) is 0 Å². The van der Waals surface area contributed by atoms with Crippen LogP contribution in [0.2, 0.25) is 0 Å². The highest BCUT2D eigenvalue weighted by atomic mass is 16.2. The fourth-order valence-corrected chi connectivity index (χ4v) is 0.276. The minimum absolute atomic E-state index is 0. The van der Waals surface area contributed by atoms with E-state index >= 15 is 0 Å². The second-order valence-corrected chi connectivity index (χ2v) is 5.32. The van der Waals surface area contributed by atoms with Gasteiger partial charge >= 0.3 is 0 Å². The highest BCUT2D eigenvalue weighted by Gasteiger charge is 2.02. The van der Waals surface area contributed by atoms with Gasteiger partial charge in [-0.05, 0) is 41.5 Å². The zero-order chi connectivity index (χ0) is 14.5. The van der Waals surface area contributed by atoms with Crippen LogP contribution < -0.4 is 5.73 Å². The molecular weight excluding hydrogens is 216 g/mol. The van der Waals surface area contributed by atoms with Crippen molar-refractivity contribution in [3.63, 3.8) is 0 Å². The van der Waals surface area contributed by atoms with Crippen molar-refractivity contribution >= 4 is 18.8 Å². The summed E-state index contributed by atoms with van der Waals surface area (Å²) in [4.78, 5) is 21.7. The topological polar surface area (TPSA) is 72.5 Å². The summed E-state index contributed by atoms with van der Waals surface area (Å²) in [5, 5.41) is 0. The molecule has 0 rings (SSSR count). The Morgan fingerprint density at radius 2 is 1.29 bits per heavy atom. The number of aldehydes is 2. The Hall–Kier alpha value is -1.29. The zero-order valence-electron chi connectivity index (χ0n) is 11.9. The van der Waals surface area contributed by atoms with Gasteiger partial charge in [-0.2, -0.15) is 0 Å². The highest BCUT2D eigenvalue weighted by Crippen LogP contribution is 2.03. The van der Waals surface area contributed by atoms with Gasteiger partial charge in [-0.15, -0.1) is 0 Å². The average Bonchev–Trinajstić information content (AvgIpc) is 2.11. The van der Waals surface area contributed by atoms with E-state index in [1.54, 1.807) is 12.3 Å². The maximum atomic E-state index is 8.81. The first-order chi connectivity index (χ1) is 7.47. The Bertz CT molecular complexity index is 221. The van der Waals surface area contributed by atoms with E-state index in [-0.39, 0.29) is 23.7 Å². The summed E-state index contributed by atoms with van der Waals surface area (Å²) in [6, 6.07) is 0. The van der Waals surface area contributed by atoms with Gasteiger partial charge in [-0.1, -0.05) is 12.7 Å². The van der Waals surface area contributed by atoms with Crippen LogP contribution in [0.1, 0.15) is 41.5 Å². The third-order valence-corrected chi connectivity index (χ3v) is 0.623. The van der Waals surface area contributed by atoms with E-state index in [0.29, 0.717) is 0 Å². The minimum Gasteiger partial charge on any atom is -0.326 e. The van der Waals surface area contributed by atoms with E-state index in [4.69, 9.17) is 15.3 Å². The Morgan fingerprint density at radius 3 is 1.35 bits per heavy atom. The Kier molecular flexibility index (Phi) is 13.9. The van der Waals surface area contributed by atoms with Crippen molar-refractivity contribution in [1.29, 1.82) is 0 Å². The maximum Gasteiger partial charge on any atom is 0.182 e. The smallest absolute Gasteiger partial charge is 0.182 e. The van der Waals surface area contributed by atoms with Gasteiger partial charge < -0.3 is 5.73 Å². The van der Waals surface area contributed by atoms with Gasteiger partial charge in [0.1, 0.15) is 0 Å². The van der Waals surface area contributed by atoms with Crippen molar-refractivity contribution in [3.8, 4) is 0 Å². The first kappa shape index (κ1) is 21.0. The molecule has 0 saturated carbocycles. The second-order valence-electron chi connectivity index (χ2n) is 5.32. The molecule has 0 heterocycles. The van der Waals surface area contributed by atoms with Gasteiger partial charge in [-0.25, -0.2) is 0 Å². The average molecular weight is 242 g/mol. The van der Waals surface area contributed by atoms with Gasteiger partial charge in [0.25, 0.3) is 0 Å². The molecule has 0 aliphatic heterocycles. The summed E-state index contributed by atoms with van der Waals surface area (Å²) in [7, 11) is 0. The van der Waals surface area contributed by atoms with Crippen molar-refractivity contribution in [2.45, 2.75) is 52.6 Å². The molecule has 0 aliphatic rings.